The summed E-state index contributed by atoms with van der Waals surface area (Å²) >= 11 is 1.66. The van der Waals surface area contributed by atoms with Crippen LogP contribution in [-0.2, 0) is 0 Å². The topological polar surface area (TPSA) is 75.9 Å². The summed E-state index contributed by atoms with van der Waals surface area (Å²) in [5, 5.41) is 4.66. The number of rotatable bonds is 3. The van der Waals surface area contributed by atoms with Gasteiger partial charge in [0.1, 0.15) is 10.6 Å². The smallest absolute Gasteiger partial charge is 0.240 e. The quantitative estimate of drug-likeness (QED) is 0.598. The molecule has 1 aliphatic rings. The maximum Gasteiger partial charge on any atom is 0.240 e. The Morgan fingerprint density at radius 2 is 1.85 bits per heavy atom. The van der Waals surface area contributed by atoms with Gasteiger partial charge in [0.2, 0.25) is 5.95 Å². The zero-order valence-corrected chi connectivity index (χ0v) is 13.4. The molecule has 0 amide bonds. The van der Waals surface area contributed by atoms with Gasteiger partial charge < -0.3 is 5.32 Å². The highest BCUT2D eigenvalue weighted by Gasteiger charge is 2.65. The van der Waals surface area contributed by atoms with E-state index in [1.54, 1.807) is 11.3 Å². The van der Waals surface area contributed by atoms with Crippen molar-refractivity contribution in [3.8, 4) is 0 Å². The van der Waals surface area contributed by atoms with Gasteiger partial charge in [-0.2, -0.15) is 4.98 Å². The Kier molecular flexibility index (Phi) is 2.75. The fourth-order valence-corrected chi connectivity index (χ4v) is 3.79. The summed E-state index contributed by atoms with van der Waals surface area (Å²) in [7, 11) is 0. The van der Waals surface area contributed by atoms with E-state index in [1.165, 1.54) is 4.88 Å². The SMILES string of the molecule is Cc1cc2c(NC3C(C)(C)C3(C)C)nc(NN)nc2s1. The Morgan fingerprint density at radius 3 is 2.40 bits per heavy atom. The number of hydrazine groups is 1. The lowest BCUT2D eigenvalue weighted by molar-refractivity contribution is 0.457. The highest BCUT2D eigenvalue weighted by molar-refractivity contribution is 7.18. The summed E-state index contributed by atoms with van der Waals surface area (Å²) in [6.45, 7) is 11.2. The highest BCUT2D eigenvalue weighted by atomic mass is 32.1. The summed E-state index contributed by atoms with van der Waals surface area (Å²) in [4.78, 5) is 11.1. The Hall–Kier alpha value is -1.40. The number of anilines is 2. The van der Waals surface area contributed by atoms with Gasteiger partial charge in [-0.1, -0.05) is 27.7 Å². The molecule has 20 heavy (non-hydrogen) atoms. The van der Waals surface area contributed by atoms with E-state index >= 15 is 0 Å². The standard InChI is InChI=1S/C14H21N5S/c1-7-6-8-9(16-11-13(2,3)14(11,4)5)17-12(19-15)18-10(8)20-7/h6,11H,15H2,1-5H3,(H2,16,17,18,19). The number of nitrogens with zero attached hydrogens (tertiary/aromatic N) is 2. The minimum Gasteiger partial charge on any atom is -0.366 e. The molecule has 5 nitrogen and oxygen atoms in total. The molecule has 108 valence electrons. The molecule has 1 saturated carbocycles. The van der Waals surface area contributed by atoms with Gasteiger partial charge in [0.25, 0.3) is 0 Å². The van der Waals surface area contributed by atoms with E-state index in [4.69, 9.17) is 5.84 Å². The van der Waals surface area contributed by atoms with Crippen LogP contribution in [0.2, 0.25) is 0 Å². The second kappa shape index (κ2) is 4.05. The summed E-state index contributed by atoms with van der Waals surface area (Å²) in [6, 6.07) is 2.53. The van der Waals surface area contributed by atoms with Gasteiger partial charge in [-0.3, -0.25) is 5.43 Å². The predicted molar refractivity (Wildman–Crippen MR) is 84.9 cm³/mol. The highest BCUT2D eigenvalue weighted by Crippen LogP contribution is 2.63. The molecule has 2 heterocycles. The molecule has 1 fully saturated rings. The van der Waals surface area contributed by atoms with Crippen LogP contribution >= 0.6 is 11.3 Å². The molecule has 0 aliphatic heterocycles. The molecule has 0 unspecified atom stereocenters. The van der Waals surface area contributed by atoms with Crippen molar-refractivity contribution in [3.63, 3.8) is 0 Å². The van der Waals surface area contributed by atoms with E-state index in [-0.39, 0.29) is 10.8 Å². The molecular formula is C14H21N5S. The molecule has 0 aromatic carbocycles. The van der Waals surface area contributed by atoms with E-state index in [1.807, 2.05) is 0 Å². The monoisotopic (exact) mass is 291 g/mol. The summed E-state index contributed by atoms with van der Waals surface area (Å²) in [6.07, 6.45) is 0. The van der Waals surface area contributed by atoms with E-state index in [2.05, 4.69) is 61.4 Å². The number of aromatic nitrogens is 2. The molecule has 0 bridgehead atoms. The maximum atomic E-state index is 5.47. The Bertz CT molecular complexity index is 659. The number of nitrogen functional groups attached to an aromatic ring is 1. The van der Waals surface area contributed by atoms with Crippen LogP contribution < -0.4 is 16.6 Å². The Morgan fingerprint density at radius 1 is 1.20 bits per heavy atom. The second-order valence-corrected chi connectivity index (χ2v) is 7.87. The molecule has 0 radical (unpaired) electrons. The zero-order chi connectivity index (χ0) is 14.7. The predicted octanol–water partition coefficient (Wildman–Crippen LogP) is 3.13. The van der Waals surface area contributed by atoms with Gasteiger partial charge in [0, 0.05) is 10.9 Å². The molecule has 0 atom stereocenters. The van der Waals surface area contributed by atoms with E-state index in [9.17, 15) is 0 Å². The van der Waals surface area contributed by atoms with Gasteiger partial charge >= 0.3 is 0 Å². The molecule has 4 N–H and O–H groups in total. The second-order valence-electron chi connectivity index (χ2n) is 6.64. The van der Waals surface area contributed by atoms with Gasteiger partial charge in [0.05, 0.1) is 5.39 Å². The number of thiophene rings is 1. The van der Waals surface area contributed by atoms with E-state index < -0.39 is 0 Å². The first-order valence-electron chi connectivity index (χ1n) is 6.78. The van der Waals surface area contributed by atoms with Gasteiger partial charge in [-0.15, -0.1) is 11.3 Å². The third-order valence-electron chi connectivity index (χ3n) is 4.95. The number of nitrogens with one attached hydrogen (secondary N) is 2. The summed E-state index contributed by atoms with van der Waals surface area (Å²) in [5.41, 5.74) is 3.06. The lowest BCUT2D eigenvalue weighted by Gasteiger charge is -2.10. The third kappa shape index (κ3) is 1.78. The fraction of sp³-hybridized carbons (Fsp3) is 0.571. The third-order valence-corrected chi connectivity index (χ3v) is 5.89. The van der Waals surface area contributed by atoms with Crippen LogP contribution in [0.1, 0.15) is 32.6 Å². The average Bonchev–Trinajstić information content (AvgIpc) is 2.67. The van der Waals surface area contributed by atoms with Crippen molar-refractivity contribution in [1.82, 2.24) is 9.97 Å². The van der Waals surface area contributed by atoms with Crippen LogP contribution in [-0.4, -0.2) is 16.0 Å². The lowest BCUT2D eigenvalue weighted by atomic mass is 10.0. The molecular weight excluding hydrogens is 270 g/mol. The number of fused-ring (bicyclic) bond motifs is 1. The molecule has 3 rings (SSSR count). The van der Waals surface area contributed by atoms with Crippen LogP contribution in [0.15, 0.2) is 6.07 Å². The Balaban J connectivity index is 2.03. The first-order chi connectivity index (χ1) is 9.27. The van der Waals surface area contributed by atoms with E-state index in [0.717, 1.165) is 16.0 Å². The molecule has 2 aromatic rings. The Labute approximate surface area is 123 Å². The minimum atomic E-state index is 0.256. The average molecular weight is 291 g/mol. The first kappa shape index (κ1) is 13.6. The zero-order valence-electron chi connectivity index (χ0n) is 12.5. The fourth-order valence-electron chi connectivity index (χ4n) is 2.91. The number of hydrogen-bond donors (Lipinski definition) is 3. The molecule has 0 saturated heterocycles. The van der Waals surface area contributed by atoms with Crippen LogP contribution in [0, 0.1) is 17.8 Å². The van der Waals surface area contributed by atoms with Crippen molar-refractivity contribution in [2.45, 2.75) is 40.7 Å². The van der Waals surface area contributed by atoms with Gasteiger partial charge in [-0.25, -0.2) is 10.8 Å². The van der Waals surface area contributed by atoms with Crippen molar-refractivity contribution in [3.05, 3.63) is 10.9 Å². The summed E-state index contributed by atoms with van der Waals surface area (Å²) < 4.78 is 0. The van der Waals surface area contributed by atoms with Crippen molar-refractivity contribution >= 4 is 33.3 Å². The molecule has 2 aromatic heterocycles. The first-order valence-corrected chi connectivity index (χ1v) is 7.60. The molecule has 1 aliphatic carbocycles. The van der Waals surface area contributed by atoms with Crippen molar-refractivity contribution in [2.24, 2.45) is 16.7 Å². The van der Waals surface area contributed by atoms with Crippen LogP contribution in [0.4, 0.5) is 11.8 Å². The van der Waals surface area contributed by atoms with Crippen LogP contribution in [0.25, 0.3) is 10.2 Å². The minimum absolute atomic E-state index is 0.256. The molecule has 0 spiro atoms. The summed E-state index contributed by atoms with van der Waals surface area (Å²) in [5.74, 6) is 6.80. The maximum absolute atomic E-state index is 5.47. The van der Waals surface area contributed by atoms with Crippen molar-refractivity contribution in [2.75, 3.05) is 10.7 Å². The normalized spacial score (nSPS) is 20.1. The lowest BCUT2D eigenvalue weighted by Crippen LogP contribution is -2.15. The van der Waals surface area contributed by atoms with Gasteiger partial charge in [0.15, 0.2) is 0 Å². The number of aryl methyl sites for hydroxylation is 1. The number of hydrogen-bond acceptors (Lipinski definition) is 6. The van der Waals surface area contributed by atoms with Crippen molar-refractivity contribution in [1.29, 1.82) is 0 Å². The van der Waals surface area contributed by atoms with Crippen LogP contribution in [0.3, 0.4) is 0 Å². The van der Waals surface area contributed by atoms with Gasteiger partial charge in [-0.05, 0) is 23.8 Å². The molecule has 6 heteroatoms. The van der Waals surface area contributed by atoms with Crippen LogP contribution in [0.5, 0.6) is 0 Å². The van der Waals surface area contributed by atoms with E-state index in [0.29, 0.717) is 12.0 Å². The number of nitrogens with two attached hydrogens (primary N) is 1. The largest absolute Gasteiger partial charge is 0.366 e. The van der Waals surface area contributed by atoms with Crippen molar-refractivity contribution < 1.29 is 0 Å².